The second-order valence-electron chi connectivity index (χ2n) is 13.5. The molecule has 0 fully saturated rings. The number of benzene rings is 4. The summed E-state index contributed by atoms with van der Waals surface area (Å²) in [6, 6.07) is 29.7. The van der Waals surface area contributed by atoms with Crippen molar-refractivity contribution in [3.05, 3.63) is 138 Å². The Labute approximate surface area is 332 Å². The highest BCUT2D eigenvalue weighted by Gasteiger charge is 2.23. The molecule has 0 radical (unpaired) electrons. The van der Waals surface area contributed by atoms with Gasteiger partial charge in [0.1, 0.15) is 22.9 Å². The second kappa shape index (κ2) is 17.6. The minimum atomic E-state index is -2.04. The number of aryl methyl sites for hydroxylation is 2. The van der Waals surface area contributed by atoms with Gasteiger partial charge in [-0.05, 0) is 79.9 Å². The smallest absolute Gasteiger partial charge is 0.288 e. The van der Waals surface area contributed by atoms with Crippen molar-refractivity contribution >= 4 is 28.5 Å². The molecule has 0 saturated heterocycles. The number of carbonyl (C=O) groups excluding carboxylic acids is 1. The van der Waals surface area contributed by atoms with Crippen LogP contribution in [0.2, 0.25) is 0 Å². The van der Waals surface area contributed by atoms with E-state index >= 15 is 0 Å². The SMILES string of the molecule is CCC(Oc1ccc(C)cc1C)C(=O)Nc1ccc(Oc2ccc(OC)cc2)c(OS(=O)NCC(C)c2nc3c(-n4cccn4)c(Cc4ccccc4)[nH]n3n2)c1. The van der Waals surface area contributed by atoms with Gasteiger partial charge in [0.2, 0.25) is 5.65 Å². The molecule has 3 atom stereocenters. The summed E-state index contributed by atoms with van der Waals surface area (Å²) < 4.78 is 43.3. The van der Waals surface area contributed by atoms with Crippen molar-refractivity contribution in [2.24, 2.45) is 0 Å². The maximum atomic E-state index is 13.5. The normalized spacial score (nSPS) is 12.9. The molecule has 3 N–H and O–H groups in total. The lowest BCUT2D eigenvalue weighted by Gasteiger charge is -2.19. The first-order valence-corrected chi connectivity index (χ1v) is 19.6. The lowest BCUT2D eigenvalue weighted by atomic mass is 10.1. The largest absolute Gasteiger partial charge is 0.497 e. The summed E-state index contributed by atoms with van der Waals surface area (Å²) >= 11 is -2.04. The van der Waals surface area contributed by atoms with Gasteiger partial charge in [0.25, 0.3) is 17.2 Å². The molecule has 0 saturated carbocycles. The molecule has 3 aromatic heterocycles. The molecule has 4 aromatic carbocycles. The van der Waals surface area contributed by atoms with Crippen LogP contribution in [0.15, 0.2) is 109 Å². The van der Waals surface area contributed by atoms with E-state index in [1.165, 1.54) is 0 Å². The molecule has 0 aliphatic rings. The van der Waals surface area contributed by atoms with Crippen molar-refractivity contribution in [3.8, 4) is 34.4 Å². The quantitative estimate of drug-likeness (QED) is 0.0855. The molecule has 57 heavy (non-hydrogen) atoms. The predicted octanol–water partition coefficient (Wildman–Crippen LogP) is 7.40. The number of anilines is 1. The summed E-state index contributed by atoms with van der Waals surface area (Å²) in [6.07, 6.45) is 3.91. The maximum Gasteiger partial charge on any atom is 0.288 e. The topological polar surface area (TPSA) is 159 Å². The average Bonchev–Trinajstić information content (AvgIpc) is 3.96. The fourth-order valence-electron chi connectivity index (χ4n) is 6.18. The van der Waals surface area contributed by atoms with Gasteiger partial charge in [0.05, 0.1) is 12.8 Å². The molecule has 3 unspecified atom stereocenters. The van der Waals surface area contributed by atoms with Gasteiger partial charge >= 0.3 is 0 Å². The van der Waals surface area contributed by atoms with E-state index in [-0.39, 0.29) is 29.9 Å². The Kier molecular flexibility index (Phi) is 12.0. The van der Waals surface area contributed by atoms with Crippen molar-refractivity contribution in [3.63, 3.8) is 0 Å². The minimum absolute atomic E-state index is 0.133. The van der Waals surface area contributed by atoms with Crippen molar-refractivity contribution in [1.29, 1.82) is 0 Å². The van der Waals surface area contributed by atoms with Crippen LogP contribution in [-0.4, -0.2) is 59.5 Å². The average molecular weight is 789 g/mol. The number of H-pyrrole nitrogens is 1. The lowest BCUT2D eigenvalue weighted by Crippen LogP contribution is -2.32. The molecule has 294 valence electrons. The van der Waals surface area contributed by atoms with Crippen LogP contribution >= 0.6 is 0 Å². The Hall–Kier alpha value is -6.45. The highest BCUT2D eigenvalue weighted by Crippen LogP contribution is 2.35. The molecule has 7 aromatic rings. The molecule has 1 amide bonds. The minimum Gasteiger partial charge on any atom is -0.497 e. The summed E-state index contributed by atoms with van der Waals surface area (Å²) in [6.45, 7) is 7.97. The van der Waals surface area contributed by atoms with Crippen LogP contribution in [0, 0.1) is 13.8 Å². The molecular formula is C42H44N8O6S. The maximum absolute atomic E-state index is 13.5. The van der Waals surface area contributed by atoms with Crippen molar-refractivity contribution in [2.75, 3.05) is 19.0 Å². The Morgan fingerprint density at radius 1 is 0.930 bits per heavy atom. The van der Waals surface area contributed by atoms with Gasteiger partial charge in [-0.2, -0.15) is 13.9 Å². The Balaban J connectivity index is 1.06. The number of aromatic nitrogens is 6. The summed E-state index contributed by atoms with van der Waals surface area (Å²) in [5.41, 5.74) is 5.91. The van der Waals surface area contributed by atoms with Gasteiger partial charge in [-0.1, -0.05) is 61.9 Å². The fourth-order valence-corrected chi connectivity index (χ4v) is 6.92. The number of methoxy groups -OCH3 is 1. The van der Waals surface area contributed by atoms with Gasteiger partial charge in [-0.3, -0.25) is 9.89 Å². The third-order valence-corrected chi connectivity index (χ3v) is 9.93. The van der Waals surface area contributed by atoms with Crippen LogP contribution in [0.25, 0.3) is 11.3 Å². The summed E-state index contributed by atoms with van der Waals surface area (Å²) in [7, 11) is 1.58. The van der Waals surface area contributed by atoms with Crippen LogP contribution in [0.3, 0.4) is 0 Å². The van der Waals surface area contributed by atoms with E-state index in [0.717, 1.165) is 28.1 Å². The number of ether oxygens (including phenoxy) is 3. The predicted molar refractivity (Wildman–Crippen MR) is 218 cm³/mol. The van der Waals surface area contributed by atoms with Gasteiger partial charge in [0, 0.05) is 43.0 Å². The standard InChI is InChI=1S/C42H44N8O6S/c1-6-35(55-36-19-13-27(2)23-28(36)3)42(51)45-31-14-20-37(54-33-17-15-32(53-5)16-18-33)38(25-31)56-57(52)44-26-29(4)40-46-41-39(49-22-10-21-43-49)34(47-50(41)48-40)24-30-11-8-7-9-12-30/h7-23,25,29,35,44,47H,6,24,26H2,1-5H3,(H,45,51). The Morgan fingerprint density at radius 3 is 2.42 bits per heavy atom. The Morgan fingerprint density at radius 2 is 1.70 bits per heavy atom. The van der Waals surface area contributed by atoms with Crippen LogP contribution in [0.5, 0.6) is 28.7 Å². The molecule has 3 heterocycles. The molecule has 15 heteroatoms. The second-order valence-corrected chi connectivity index (χ2v) is 14.5. The van der Waals surface area contributed by atoms with Crippen LogP contribution in [0.1, 0.15) is 54.4 Å². The monoisotopic (exact) mass is 788 g/mol. The van der Waals surface area contributed by atoms with E-state index in [0.29, 0.717) is 47.2 Å². The number of rotatable bonds is 17. The Bertz CT molecular complexity index is 2470. The highest BCUT2D eigenvalue weighted by molar-refractivity contribution is 7.78. The fraction of sp³-hybridized carbons (Fsp3) is 0.238. The molecule has 0 aliphatic carbocycles. The summed E-state index contributed by atoms with van der Waals surface area (Å²) in [5.74, 6) is 2.15. The van der Waals surface area contributed by atoms with E-state index in [2.05, 4.69) is 32.4 Å². The number of hydrogen-bond donors (Lipinski definition) is 3. The molecule has 0 spiro atoms. The van der Waals surface area contributed by atoms with E-state index in [1.54, 1.807) is 65.1 Å². The molecule has 7 rings (SSSR count). The zero-order chi connectivity index (χ0) is 39.9. The number of fused-ring (bicyclic) bond motifs is 1. The highest BCUT2D eigenvalue weighted by atomic mass is 32.2. The van der Waals surface area contributed by atoms with Crippen molar-refractivity contribution in [1.82, 2.24) is 34.3 Å². The molecular weight excluding hydrogens is 745 g/mol. The lowest BCUT2D eigenvalue weighted by molar-refractivity contribution is -0.122. The molecule has 0 bridgehead atoms. The number of hydrogen-bond acceptors (Lipinski definition) is 9. The zero-order valence-corrected chi connectivity index (χ0v) is 33.1. The number of nitrogens with zero attached hydrogens (tertiary/aromatic N) is 5. The first kappa shape index (κ1) is 38.8. The number of carbonyl (C=O) groups is 1. The van der Waals surface area contributed by atoms with Gasteiger partial charge in [-0.15, -0.1) is 5.10 Å². The summed E-state index contributed by atoms with van der Waals surface area (Å²) in [5, 5.41) is 15.5. The zero-order valence-electron chi connectivity index (χ0n) is 32.3. The molecule has 14 nitrogen and oxygen atoms in total. The first-order valence-electron chi connectivity index (χ1n) is 18.5. The number of aromatic amines is 1. The van der Waals surface area contributed by atoms with Crippen molar-refractivity contribution < 1.29 is 27.4 Å². The third-order valence-electron chi connectivity index (χ3n) is 9.19. The first-order chi connectivity index (χ1) is 27.7. The van der Waals surface area contributed by atoms with E-state index in [9.17, 15) is 9.00 Å². The van der Waals surface area contributed by atoms with Gasteiger partial charge < -0.3 is 23.7 Å². The van der Waals surface area contributed by atoms with E-state index in [4.69, 9.17) is 28.5 Å². The molecule has 0 aliphatic heterocycles. The number of nitrogens with one attached hydrogen (secondary N) is 3. The summed E-state index contributed by atoms with van der Waals surface area (Å²) in [4.78, 5) is 18.3. The van der Waals surface area contributed by atoms with E-state index in [1.807, 2.05) is 76.4 Å². The van der Waals surface area contributed by atoms with Crippen LogP contribution in [0.4, 0.5) is 5.69 Å². The van der Waals surface area contributed by atoms with Crippen molar-refractivity contribution in [2.45, 2.75) is 52.6 Å². The van der Waals surface area contributed by atoms with Crippen LogP contribution < -0.4 is 28.4 Å². The van der Waals surface area contributed by atoms with Crippen LogP contribution in [-0.2, 0) is 22.5 Å². The van der Waals surface area contributed by atoms with E-state index < -0.39 is 17.4 Å². The van der Waals surface area contributed by atoms with Gasteiger partial charge in [0.15, 0.2) is 23.4 Å². The van der Waals surface area contributed by atoms with Gasteiger partial charge in [-0.25, -0.2) is 14.4 Å². The number of amides is 1. The third kappa shape index (κ3) is 9.34.